The van der Waals surface area contributed by atoms with E-state index >= 15 is 0 Å². The summed E-state index contributed by atoms with van der Waals surface area (Å²) in [5.74, 6) is 0.983. The molecule has 1 saturated carbocycles. The van der Waals surface area contributed by atoms with E-state index < -0.39 is 0 Å². The largest absolute Gasteiger partial charge is 0.490 e. The first-order valence-electron chi connectivity index (χ1n) is 7.31. The van der Waals surface area contributed by atoms with E-state index in [1.807, 2.05) is 13.1 Å². The highest BCUT2D eigenvalue weighted by Crippen LogP contribution is 2.32. The van der Waals surface area contributed by atoms with E-state index in [0.717, 1.165) is 5.75 Å². The molecule has 20 heavy (non-hydrogen) atoms. The fourth-order valence-electron chi connectivity index (χ4n) is 2.41. The molecule has 0 amide bonds. The van der Waals surface area contributed by atoms with Crippen LogP contribution in [0.4, 0.5) is 0 Å². The smallest absolute Gasteiger partial charge is 0.120 e. The third kappa shape index (κ3) is 2.86. The second kappa shape index (κ2) is 5.68. The molecule has 104 valence electrons. The Labute approximate surface area is 120 Å². The van der Waals surface area contributed by atoms with Gasteiger partial charge >= 0.3 is 0 Å². The minimum absolute atomic E-state index is 0.333. The van der Waals surface area contributed by atoms with Gasteiger partial charge in [0, 0.05) is 6.04 Å². The van der Waals surface area contributed by atoms with Crippen molar-refractivity contribution in [1.82, 2.24) is 5.32 Å². The number of nitrogens with one attached hydrogen (secondary N) is 1. The van der Waals surface area contributed by atoms with Crippen LogP contribution in [0.1, 0.15) is 31.4 Å². The number of hydrogen-bond acceptors (Lipinski definition) is 2. The maximum Gasteiger partial charge on any atom is 0.120 e. The summed E-state index contributed by atoms with van der Waals surface area (Å²) in [6.45, 7) is 2.18. The zero-order chi connectivity index (χ0) is 13.9. The highest BCUT2D eigenvalue weighted by molar-refractivity contribution is 5.69. The molecular weight excluding hydrogens is 246 g/mol. The summed E-state index contributed by atoms with van der Waals surface area (Å²) in [5.41, 5.74) is 3.81. The van der Waals surface area contributed by atoms with Crippen LogP contribution < -0.4 is 10.1 Å². The molecule has 1 N–H and O–H groups in total. The molecule has 0 spiro atoms. The highest BCUT2D eigenvalue weighted by Gasteiger charge is 2.23. The van der Waals surface area contributed by atoms with Crippen LogP contribution in [0.2, 0.25) is 0 Å². The predicted molar refractivity (Wildman–Crippen MR) is 83.0 cm³/mol. The van der Waals surface area contributed by atoms with Gasteiger partial charge in [0.2, 0.25) is 0 Å². The second-order valence-electron chi connectivity index (χ2n) is 5.44. The van der Waals surface area contributed by atoms with Gasteiger partial charge in [-0.15, -0.1) is 0 Å². The zero-order valence-electron chi connectivity index (χ0n) is 12.1. The number of ether oxygens (including phenoxy) is 1. The average molecular weight is 267 g/mol. The van der Waals surface area contributed by atoms with Gasteiger partial charge in [-0.2, -0.15) is 0 Å². The molecule has 1 atom stereocenters. The topological polar surface area (TPSA) is 21.3 Å². The van der Waals surface area contributed by atoms with Crippen molar-refractivity contribution in [3.05, 3.63) is 54.1 Å². The van der Waals surface area contributed by atoms with Crippen molar-refractivity contribution in [2.45, 2.75) is 31.9 Å². The third-order valence-electron chi connectivity index (χ3n) is 3.83. The summed E-state index contributed by atoms with van der Waals surface area (Å²) in [5, 5.41) is 3.32. The van der Waals surface area contributed by atoms with Crippen molar-refractivity contribution in [3.8, 4) is 16.9 Å². The zero-order valence-corrected chi connectivity index (χ0v) is 12.1. The molecule has 2 heteroatoms. The lowest BCUT2D eigenvalue weighted by molar-refractivity contribution is 0.303. The van der Waals surface area contributed by atoms with E-state index in [0.29, 0.717) is 12.1 Å². The van der Waals surface area contributed by atoms with Crippen molar-refractivity contribution >= 4 is 0 Å². The van der Waals surface area contributed by atoms with E-state index in [1.165, 1.54) is 29.5 Å². The van der Waals surface area contributed by atoms with Gasteiger partial charge in [0.1, 0.15) is 5.75 Å². The highest BCUT2D eigenvalue weighted by atomic mass is 16.5. The van der Waals surface area contributed by atoms with Crippen LogP contribution in [0.15, 0.2) is 48.5 Å². The lowest BCUT2D eigenvalue weighted by Crippen LogP contribution is -2.13. The molecule has 1 unspecified atom stereocenters. The van der Waals surface area contributed by atoms with E-state index in [2.05, 4.69) is 54.7 Å². The number of rotatable bonds is 5. The molecule has 0 saturated heterocycles. The van der Waals surface area contributed by atoms with Gasteiger partial charge in [-0.05, 0) is 55.6 Å². The molecule has 2 aromatic rings. The molecule has 1 aliphatic carbocycles. The van der Waals surface area contributed by atoms with Crippen molar-refractivity contribution in [2.75, 3.05) is 7.05 Å². The third-order valence-corrected chi connectivity index (χ3v) is 3.83. The molecule has 0 aromatic heterocycles. The van der Waals surface area contributed by atoms with Gasteiger partial charge in [-0.25, -0.2) is 0 Å². The molecule has 0 radical (unpaired) electrons. The normalized spacial score (nSPS) is 15.9. The van der Waals surface area contributed by atoms with E-state index in [9.17, 15) is 0 Å². The minimum atomic E-state index is 0.333. The van der Waals surface area contributed by atoms with Gasteiger partial charge in [0.05, 0.1) is 6.10 Å². The molecule has 1 fully saturated rings. The molecule has 3 rings (SSSR count). The summed E-state index contributed by atoms with van der Waals surface area (Å²) in [7, 11) is 1.99. The Hall–Kier alpha value is -1.80. The lowest BCUT2D eigenvalue weighted by atomic mass is 9.95. The van der Waals surface area contributed by atoms with Crippen LogP contribution in [0.25, 0.3) is 11.1 Å². The summed E-state index contributed by atoms with van der Waals surface area (Å²) in [4.78, 5) is 0. The summed E-state index contributed by atoms with van der Waals surface area (Å²) in [6, 6.07) is 17.3. The quantitative estimate of drug-likeness (QED) is 0.877. The van der Waals surface area contributed by atoms with Crippen LogP contribution in [-0.4, -0.2) is 13.2 Å². The van der Waals surface area contributed by atoms with Crippen molar-refractivity contribution in [1.29, 1.82) is 0 Å². The number of hydrogen-bond donors (Lipinski definition) is 1. The molecular formula is C18H21NO. The van der Waals surface area contributed by atoms with Gasteiger partial charge in [-0.1, -0.05) is 36.4 Å². The maximum absolute atomic E-state index is 5.90. The monoisotopic (exact) mass is 267 g/mol. The predicted octanol–water partition coefficient (Wildman–Crippen LogP) is 4.18. The van der Waals surface area contributed by atoms with Crippen molar-refractivity contribution < 1.29 is 4.74 Å². The molecule has 1 aliphatic rings. The Morgan fingerprint density at radius 1 is 1.10 bits per heavy atom. The lowest BCUT2D eigenvalue weighted by Gasteiger charge is -2.16. The van der Waals surface area contributed by atoms with Gasteiger partial charge in [0.25, 0.3) is 0 Å². The van der Waals surface area contributed by atoms with Crippen LogP contribution >= 0.6 is 0 Å². The van der Waals surface area contributed by atoms with Crippen molar-refractivity contribution in [2.24, 2.45) is 0 Å². The Balaban J connectivity index is 1.95. The summed E-state index contributed by atoms with van der Waals surface area (Å²) in [6.07, 6.45) is 2.83. The molecule has 2 aromatic carbocycles. The Kier molecular flexibility index (Phi) is 3.75. The Morgan fingerprint density at radius 2 is 1.90 bits per heavy atom. The van der Waals surface area contributed by atoms with Gasteiger partial charge in [0.15, 0.2) is 0 Å². The van der Waals surface area contributed by atoms with Crippen LogP contribution in [0.3, 0.4) is 0 Å². The van der Waals surface area contributed by atoms with Crippen LogP contribution in [0.5, 0.6) is 5.75 Å². The average Bonchev–Trinajstić information content (AvgIpc) is 3.31. The summed E-state index contributed by atoms with van der Waals surface area (Å²) < 4.78 is 5.90. The summed E-state index contributed by atoms with van der Waals surface area (Å²) >= 11 is 0. The van der Waals surface area contributed by atoms with Gasteiger partial charge in [-0.3, -0.25) is 0 Å². The van der Waals surface area contributed by atoms with E-state index in [4.69, 9.17) is 4.74 Å². The fourth-order valence-corrected chi connectivity index (χ4v) is 2.41. The van der Waals surface area contributed by atoms with E-state index in [-0.39, 0.29) is 0 Å². The molecule has 0 aliphatic heterocycles. The van der Waals surface area contributed by atoms with Crippen LogP contribution in [0, 0.1) is 0 Å². The standard InChI is InChI=1S/C18H21NO/c1-13(19-2)17-8-3-4-9-18(17)14-6-5-7-16(12-14)20-15-10-11-15/h3-9,12-13,15,19H,10-11H2,1-2H3. The minimum Gasteiger partial charge on any atom is -0.490 e. The number of benzene rings is 2. The van der Waals surface area contributed by atoms with E-state index in [1.54, 1.807) is 0 Å². The van der Waals surface area contributed by atoms with Crippen LogP contribution in [-0.2, 0) is 0 Å². The van der Waals surface area contributed by atoms with Gasteiger partial charge < -0.3 is 10.1 Å². The first-order chi connectivity index (χ1) is 9.78. The molecule has 0 heterocycles. The molecule has 0 bridgehead atoms. The maximum atomic E-state index is 5.90. The first-order valence-corrected chi connectivity index (χ1v) is 7.31. The SMILES string of the molecule is CNC(C)c1ccccc1-c1cccc(OC2CC2)c1. The molecule has 2 nitrogen and oxygen atoms in total. The Bertz CT molecular complexity index is 589. The first kappa shape index (κ1) is 13.2. The van der Waals surface area contributed by atoms with Crippen molar-refractivity contribution in [3.63, 3.8) is 0 Å². The Morgan fingerprint density at radius 3 is 2.65 bits per heavy atom. The second-order valence-corrected chi connectivity index (χ2v) is 5.44. The fraction of sp³-hybridized carbons (Fsp3) is 0.333.